The Morgan fingerprint density at radius 2 is 2.00 bits per heavy atom. The zero-order valence-corrected chi connectivity index (χ0v) is 16.0. The van der Waals surface area contributed by atoms with Gasteiger partial charge in [0.25, 0.3) is 0 Å². The summed E-state index contributed by atoms with van der Waals surface area (Å²) in [6.45, 7) is 10.4. The van der Waals surface area contributed by atoms with E-state index in [9.17, 15) is 4.79 Å². The number of anilines is 1. The molecule has 0 spiro atoms. The maximum absolute atomic E-state index is 12.4. The number of carbonyl (C=O) groups is 1. The lowest BCUT2D eigenvalue weighted by atomic mass is 10.0. The number of rotatable bonds is 5. The Morgan fingerprint density at radius 3 is 2.64 bits per heavy atom. The van der Waals surface area contributed by atoms with Gasteiger partial charge in [0.1, 0.15) is 0 Å². The molecule has 3 rings (SSSR count). The van der Waals surface area contributed by atoms with Gasteiger partial charge in [-0.05, 0) is 37.5 Å². The summed E-state index contributed by atoms with van der Waals surface area (Å²) in [6.07, 6.45) is 1.84. The van der Waals surface area contributed by atoms with Gasteiger partial charge in [-0.3, -0.25) is 9.69 Å². The fraction of sp³-hybridized carbons (Fsp3) is 0.474. The normalized spacial score (nSPS) is 16.7. The molecule has 5 nitrogen and oxygen atoms in total. The molecule has 0 saturated carbocycles. The van der Waals surface area contributed by atoms with E-state index in [1.165, 1.54) is 11.1 Å². The van der Waals surface area contributed by atoms with Gasteiger partial charge < -0.3 is 10.2 Å². The summed E-state index contributed by atoms with van der Waals surface area (Å²) < 4.78 is 0. The first kappa shape index (κ1) is 17.9. The summed E-state index contributed by atoms with van der Waals surface area (Å²) in [6, 6.07) is 6.40. The Hall–Kier alpha value is -1.92. The predicted octanol–water partition coefficient (Wildman–Crippen LogP) is 2.76. The van der Waals surface area contributed by atoms with E-state index in [1.54, 1.807) is 11.3 Å². The van der Waals surface area contributed by atoms with E-state index in [0.29, 0.717) is 6.54 Å². The quantitative estimate of drug-likeness (QED) is 0.893. The number of hydrogen-bond acceptors (Lipinski definition) is 5. The van der Waals surface area contributed by atoms with E-state index in [4.69, 9.17) is 0 Å². The zero-order valence-electron chi connectivity index (χ0n) is 15.2. The van der Waals surface area contributed by atoms with Crippen molar-refractivity contribution in [1.29, 1.82) is 0 Å². The van der Waals surface area contributed by atoms with E-state index in [2.05, 4.69) is 52.1 Å². The standard InChI is InChI=1S/C19H26N4OS/c1-14-4-5-17(12-15(14)2)16(3)21-18(24)13-22-7-9-23(10-8-22)19-20-6-11-25-19/h4-6,11-12,16H,7-10,13H2,1-3H3,(H,21,24). The van der Waals surface area contributed by atoms with E-state index in [-0.39, 0.29) is 11.9 Å². The van der Waals surface area contributed by atoms with E-state index < -0.39 is 0 Å². The first-order valence-electron chi connectivity index (χ1n) is 8.76. The third-order valence-corrected chi connectivity index (χ3v) is 5.67. The topological polar surface area (TPSA) is 48.5 Å². The second-order valence-electron chi connectivity index (χ2n) is 6.71. The molecule has 1 amide bonds. The third kappa shape index (κ3) is 4.58. The highest BCUT2D eigenvalue weighted by atomic mass is 32.1. The van der Waals surface area contributed by atoms with Crippen LogP contribution in [0, 0.1) is 13.8 Å². The van der Waals surface area contributed by atoms with Gasteiger partial charge in [-0.2, -0.15) is 0 Å². The number of carbonyl (C=O) groups excluding carboxylic acids is 1. The molecule has 1 aliphatic rings. The van der Waals surface area contributed by atoms with Gasteiger partial charge in [0.2, 0.25) is 5.91 Å². The molecule has 1 fully saturated rings. The number of hydrogen-bond donors (Lipinski definition) is 1. The van der Waals surface area contributed by atoms with Crippen molar-refractivity contribution in [3.05, 3.63) is 46.5 Å². The Labute approximate surface area is 153 Å². The molecule has 2 heterocycles. The van der Waals surface area contributed by atoms with Gasteiger partial charge >= 0.3 is 0 Å². The Bertz CT molecular complexity index is 708. The molecule has 1 unspecified atom stereocenters. The lowest BCUT2D eigenvalue weighted by Crippen LogP contribution is -2.49. The summed E-state index contributed by atoms with van der Waals surface area (Å²) >= 11 is 1.67. The van der Waals surface area contributed by atoms with Crippen molar-refractivity contribution in [2.24, 2.45) is 0 Å². The SMILES string of the molecule is Cc1ccc(C(C)NC(=O)CN2CCN(c3nccs3)CC2)cc1C. The molecular formula is C19H26N4OS. The number of aromatic nitrogens is 1. The first-order valence-corrected chi connectivity index (χ1v) is 9.64. The molecule has 1 atom stereocenters. The van der Waals surface area contributed by atoms with Crippen LogP contribution in [0.25, 0.3) is 0 Å². The molecule has 2 aromatic rings. The molecule has 0 radical (unpaired) electrons. The van der Waals surface area contributed by atoms with Gasteiger partial charge in [0, 0.05) is 37.8 Å². The lowest BCUT2D eigenvalue weighted by Gasteiger charge is -2.34. The first-order chi connectivity index (χ1) is 12.0. The van der Waals surface area contributed by atoms with Crippen molar-refractivity contribution in [3.63, 3.8) is 0 Å². The molecule has 0 aliphatic carbocycles. The smallest absolute Gasteiger partial charge is 0.234 e. The fourth-order valence-electron chi connectivity index (χ4n) is 3.08. The average molecular weight is 359 g/mol. The van der Waals surface area contributed by atoms with Crippen molar-refractivity contribution in [2.75, 3.05) is 37.6 Å². The van der Waals surface area contributed by atoms with E-state index in [1.807, 2.05) is 18.5 Å². The maximum Gasteiger partial charge on any atom is 0.234 e. The Balaban J connectivity index is 1.47. The summed E-state index contributed by atoms with van der Waals surface area (Å²) in [5.41, 5.74) is 3.70. The van der Waals surface area contributed by atoms with E-state index in [0.717, 1.165) is 36.9 Å². The second kappa shape index (κ2) is 7.97. The number of piperazine rings is 1. The highest BCUT2D eigenvalue weighted by Gasteiger charge is 2.21. The van der Waals surface area contributed by atoms with Crippen LogP contribution in [-0.2, 0) is 4.79 Å². The molecule has 1 N–H and O–H groups in total. The molecule has 1 aromatic carbocycles. The number of aryl methyl sites for hydroxylation is 2. The molecular weight excluding hydrogens is 332 g/mol. The van der Waals surface area contributed by atoms with Crippen molar-refractivity contribution in [3.8, 4) is 0 Å². The van der Waals surface area contributed by atoms with Gasteiger partial charge in [0.05, 0.1) is 12.6 Å². The molecule has 0 bridgehead atoms. The average Bonchev–Trinajstić information content (AvgIpc) is 3.12. The highest BCUT2D eigenvalue weighted by Crippen LogP contribution is 2.19. The van der Waals surface area contributed by atoms with Crippen LogP contribution < -0.4 is 10.2 Å². The third-order valence-electron chi connectivity index (χ3n) is 4.84. The van der Waals surface area contributed by atoms with Crippen LogP contribution in [0.4, 0.5) is 5.13 Å². The van der Waals surface area contributed by atoms with Crippen molar-refractivity contribution < 1.29 is 4.79 Å². The number of nitrogens with zero attached hydrogens (tertiary/aromatic N) is 3. The van der Waals surface area contributed by atoms with Crippen LogP contribution in [0.5, 0.6) is 0 Å². The monoisotopic (exact) mass is 358 g/mol. The summed E-state index contributed by atoms with van der Waals surface area (Å²) in [4.78, 5) is 21.2. The molecule has 25 heavy (non-hydrogen) atoms. The van der Waals surface area contributed by atoms with Crippen LogP contribution in [0.2, 0.25) is 0 Å². The summed E-state index contributed by atoms with van der Waals surface area (Å²) in [5, 5.41) is 6.20. The largest absolute Gasteiger partial charge is 0.348 e. The highest BCUT2D eigenvalue weighted by molar-refractivity contribution is 7.13. The number of nitrogens with one attached hydrogen (secondary N) is 1. The van der Waals surface area contributed by atoms with Crippen molar-refractivity contribution >= 4 is 22.4 Å². The van der Waals surface area contributed by atoms with Crippen molar-refractivity contribution in [2.45, 2.75) is 26.8 Å². The van der Waals surface area contributed by atoms with Crippen molar-refractivity contribution in [1.82, 2.24) is 15.2 Å². The number of thiazole rings is 1. The van der Waals surface area contributed by atoms with Gasteiger partial charge in [0.15, 0.2) is 5.13 Å². The minimum absolute atomic E-state index is 0.0309. The van der Waals surface area contributed by atoms with Crippen LogP contribution in [-0.4, -0.2) is 48.5 Å². The van der Waals surface area contributed by atoms with Crippen LogP contribution in [0.3, 0.4) is 0 Å². The van der Waals surface area contributed by atoms with Crippen LogP contribution in [0.15, 0.2) is 29.8 Å². The minimum Gasteiger partial charge on any atom is -0.348 e. The van der Waals surface area contributed by atoms with E-state index >= 15 is 0 Å². The predicted molar refractivity (Wildman–Crippen MR) is 103 cm³/mol. The minimum atomic E-state index is 0.0309. The van der Waals surface area contributed by atoms with Gasteiger partial charge in [-0.15, -0.1) is 11.3 Å². The number of benzene rings is 1. The Morgan fingerprint density at radius 1 is 1.24 bits per heavy atom. The van der Waals surface area contributed by atoms with Crippen LogP contribution >= 0.6 is 11.3 Å². The molecule has 1 saturated heterocycles. The van der Waals surface area contributed by atoms with Crippen LogP contribution in [0.1, 0.15) is 29.7 Å². The lowest BCUT2D eigenvalue weighted by molar-refractivity contribution is -0.123. The molecule has 1 aromatic heterocycles. The molecule has 134 valence electrons. The molecule has 1 aliphatic heterocycles. The second-order valence-corrected chi connectivity index (χ2v) is 7.58. The Kier molecular flexibility index (Phi) is 5.71. The summed E-state index contributed by atoms with van der Waals surface area (Å²) in [7, 11) is 0. The number of amides is 1. The molecule has 6 heteroatoms. The maximum atomic E-state index is 12.4. The van der Waals surface area contributed by atoms with Gasteiger partial charge in [-0.1, -0.05) is 18.2 Å². The zero-order chi connectivity index (χ0) is 17.8. The van der Waals surface area contributed by atoms with Gasteiger partial charge in [-0.25, -0.2) is 4.98 Å². The fourth-order valence-corrected chi connectivity index (χ4v) is 3.77. The summed E-state index contributed by atoms with van der Waals surface area (Å²) in [5.74, 6) is 0.0911.